The van der Waals surface area contributed by atoms with E-state index in [1.54, 1.807) is 32.1 Å². The average molecular weight is 689 g/mol. The summed E-state index contributed by atoms with van der Waals surface area (Å²) in [7, 11) is -3.85. The smallest absolute Gasteiger partial charge is 0.330 e. The van der Waals surface area contributed by atoms with Gasteiger partial charge in [0.05, 0.1) is 23.5 Å². The number of carbonyl (C=O) groups excluding carboxylic acids is 4. The van der Waals surface area contributed by atoms with Gasteiger partial charge in [0.2, 0.25) is 11.8 Å². The number of ether oxygens (including phenoxy) is 1. The van der Waals surface area contributed by atoms with Gasteiger partial charge in [0, 0.05) is 32.0 Å². The van der Waals surface area contributed by atoms with Crippen molar-refractivity contribution in [3.63, 3.8) is 0 Å². The number of ketones is 1. The number of esters is 1. The van der Waals surface area contributed by atoms with Crippen LogP contribution in [0.2, 0.25) is 0 Å². The lowest BCUT2D eigenvalue weighted by molar-refractivity contribution is -0.157. The summed E-state index contributed by atoms with van der Waals surface area (Å²) in [5.74, 6) is -3.13. The van der Waals surface area contributed by atoms with Crippen LogP contribution in [0.25, 0.3) is 0 Å². The molecule has 0 spiro atoms. The number of allylic oxidation sites excluding steroid dienone is 2. The molecule has 2 fully saturated rings. The van der Waals surface area contributed by atoms with E-state index in [4.69, 9.17) is 9.15 Å². The zero-order valence-electron chi connectivity index (χ0n) is 28.2. The van der Waals surface area contributed by atoms with Crippen molar-refractivity contribution < 1.29 is 41.9 Å². The molecular weight excluding hydrogens is 640 g/mol. The number of rotatable bonds is 5. The van der Waals surface area contributed by atoms with Gasteiger partial charge in [-0.3, -0.25) is 14.4 Å². The van der Waals surface area contributed by atoms with Crippen LogP contribution in [0.1, 0.15) is 69.8 Å². The van der Waals surface area contributed by atoms with Gasteiger partial charge in [0.25, 0.3) is 5.91 Å². The van der Waals surface area contributed by atoms with E-state index in [1.807, 2.05) is 13.8 Å². The molecule has 3 aliphatic rings. The van der Waals surface area contributed by atoms with Crippen molar-refractivity contribution in [2.24, 2.45) is 11.8 Å². The zero-order valence-corrected chi connectivity index (χ0v) is 29.0. The number of nitrogens with one attached hydrogen (secondary N) is 1. The normalized spacial score (nSPS) is 30.0. The molecule has 0 saturated carbocycles. The Labute approximate surface area is 282 Å². The minimum atomic E-state index is -3.85. The van der Waals surface area contributed by atoms with Gasteiger partial charge in [-0.1, -0.05) is 50.6 Å². The van der Waals surface area contributed by atoms with Crippen LogP contribution in [0.4, 0.5) is 0 Å². The number of likely N-dealkylation sites (tertiary alicyclic amines) is 1. The number of Topliss-reactive ketones (excluding diaryl/α,β-unsaturated/α-hetero) is 1. The molecule has 2 saturated heterocycles. The van der Waals surface area contributed by atoms with Gasteiger partial charge in [-0.25, -0.2) is 18.2 Å². The molecule has 2 amide bonds. The number of hydrogen-bond donors (Lipinski definition) is 2. The highest BCUT2D eigenvalue weighted by molar-refractivity contribution is 7.92. The van der Waals surface area contributed by atoms with Gasteiger partial charge in [-0.15, -0.1) is 0 Å². The van der Waals surface area contributed by atoms with Crippen LogP contribution < -0.4 is 5.32 Å². The fourth-order valence-corrected chi connectivity index (χ4v) is 8.39. The standard InChI is InChI=1S/C34H48N4O9S/c1-22(2)32-24(4)9-10-29(41)35-12-7-8-23(3)18-25(39)19-26(40)20-30-36-27(21-46-30)33(42)38-15-11-28(31(38)34(43)47-32)48(44,45)17-16-37-13-5-6-14-37/h7-10,18,21-22,24-25,28,31-32,39H,5-6,11-17,19-20H2,1-4H3,(H,35,41)/b8-7+,10-9+,23-18+/t24-,25-,28-,31-,32?/m1/s1. The van der Waals surface area contributed by atoms with E-state index < -0.39 is 51.1 Å². The number of sulfone groups is 1. The molecule has 1 aromatic rings. The molecule has 0 aliphatic carbocycles. The van der Waals surface area contributed by atoms with Crippen LogP contribution in [0.3, 0.4) is 0 Å². The third kappa shape index (κ3) is 9.95. The molecule has 4 heterocycles. The van der Waals surface area contributed by atoms with Crippen molar-refractivity contribution in [3.05, 3.63) is 53.8 Å². The summed E-state index contributed by atoms with van der Waals surface area (Å²) in [5, 5.41) is 11.9. The fourth-order valence-electron chi connectivity index (χ4n) is 6.46. The first-order valence-electron chi connectivity index (χ1n) is 16.7. The molecule has 264 valence electrons. The predicted octanol–water partition coefficient (Wildman–Crippen LogP) is 2.02. The third-order valence-electron chi connectivity index (χ3n) is 8.96. The lowest BCUT2D eigenvalue weighted by atomic mass is 9.94. The second-order valence-corrected chi connectivity index (χ2v) is 15.6. The van der Waals surface area contributed by atoms with Crippen molar-refractivity contribution in [3.8, 4) is 0 Å². The average Bonchev–Trinajstić information content (AvgIpc) is 3.80. The second kappa shape index (κ2) is 16.7. The molecule has 2 N–H and O–H groups in total. The van der Waals surface area contributed by atoms with Gasteiger partial charge in [0.15, 0.2) is 15.5 Å². The van der Waals surface area contributed by atoms with Gasteiger partial charge in [-0.2, -0.15) is 0 Å². The first-order chi connectivity index (χ1) is 22.7. The summed E-state index contributed by atoms with van der Waals surface area (Å²) >= 11 is 0. The Morgan fingerprint density at radius 3 is 2.54 bits per heavy atom. The van der Waals surface area contributed by atoms with E-state index in [1.165, 1.54) is 17.1 Å². The largest absolute Gasteiger partial charge is 0.460 e. The molecule has 13 nitrogen and oxygen atoms in total. The molecule has 14 heteroatoms. The van der Waals surface area contributed by atoms with E-state index in [0.29, 0.717) is 12.1 Å². The SMILES string of the molecule is CC1=C\[C@@H](O)CC(=O)Cc2nc(co2)C(=O)N2CC[C@@H](S(=O)(=O)CCN3CCCC3)[C@@H]2C(=O)OC(C(C)C)[C@H](C)/C=C/C(=O)NC\C=C\1. The van der Waals surface area contributed by atoms with Gasteiger partial charge in [-0.05, 0) is 51.3 Å². The van der Waals surface area contributed by atoms with Crippen molar-refractivity contribution in [1.82, 2.24) is 20.1 Å². The molecule has 2 bridgehead atoms. The van der Waals surface area contributed by atoms with E-state index >= 15 is 0 Å². The maximum absolute atomic E-state index is 14.0. The molecule has 0 aromatic carbocycles. The summed E-state index contributed by atoms with van der Waals surface area (Å²) in [5.41, 5.74) is 0.516. The number of nitrogens with zero attached hydrogens (tertiary/aromatic N) is 3. The maximum Gasteiger partial charge on any atom is 0.330 e. The first-order valence-corrected chi connectivity index (χ1v) is 18.4. The summed E-state index contributed by atoms with van der Waals surface area (Å²) < 4.78 is 38.9. The second-order valence-electron chi connectivity index (χ2n) is 13.2. The van der Waals surface area contributed by atoms with Crippen LogP contribution in [-0.2, 0) is 35.4 Å². The Bertz CT molecular complexity index is 1520. The van der Waals surface area contributed by atoms with Crippen LogP contribution in [0.15, 0.2) is 46.6 Å². The van der Waals surface area contributed by atoms with Crippen molar-refractivity contribution in [1.29, 1.82) is 0 Å². The molecule has 4 rings (SSSR count). The summed E-state index contributed by atoms with van der Waals surface area (Å²) in [6.07, 6.45) is 8.76. The number of fused-ring (bicyclic) bond motifs is 3. The molecule has 1 aromatic heterocycles. The molecule has 48 heavy (non-hydrogen) atoms. The van der Waals surface area contributed by atoms with Crippen LogP contribution >= 0.6 is 0 Å². The highest BCUT2D eigenvalue weighted by Gasteiger charge is 2.50. The summed E-state index contributed by atoms with van der Waals surface area (Å²) in [4.78, 5) is 60.4. The summed E-state index contributed by atoms with van der Waals surface area (Å²) in [6, 6.07) is -1.43. The lowest BCUT2D eigenvalue weighted by Gasteiger charge is -2.31. The summed E-state index contributed by atoms with van der Waals surface area (Å²) in [6.45, 7) is 9.42. The van der Waals surface area contributed by atoms with Crippen molar-refractivity contribution >= 4 is 33.4 Å². The first kappa shape index (κ1) is 37.2. The molecule has 3 aliphatic heterocycles. The van der Waals surface area contributed by atoms with E-state index in [-0.39, 0.29) is 67.3 Å². The molecule has 0 radical (unpaired) electrons. The van der Waals surface area contributed by atoms with E-state index in [9.17, 15) is 32.7 Å². The van der Waals surface area contributed by atoms with Gasteiger partial charge >= 0.3 is 5.97 Å². The Hall–Kier alpha value is -3.62. The Balaban J connectivity index is 1.65. The zero-order chi connectivity index (χ0) is 35.0. The number of aliphatic hydroxyl groups excluding tert-OH is 1. The van der Waals surface area contributed by atoms with Crippen LogP contribution in [-0.4, -0.2) is 114 Å². The van der Waals surface area contributed by atoms with E-state index in [0.717, 1.165) is 32.2 Å². The Morgan fingerprint density at radius 2 is 1.83 bits per heavy atom. The number of aromatic nitrogens is 1. The Morgan fingerprint density at radius 1 is 1.10 bits per heavy atom. The highest BCUT2D eigenvalue weighted by Crippen LogP contribution is 2.30. The van der Waals surface area contributed by atoms with Gasteiger partial charge < -0.3 is 29.4 Å². The topological polar surface area (TPSA) is 176 Å². The van der Waals surface area contributed by atoms with Crippen molar-refractivity contribution in [2.75, 3.05) is 38.5 Å². The molecule has 1 unspecified atom stereocenters. The predicted molar refractivity (Wildman–Crippen MR) is 177 cm³/mol. The number of hydrogen-bond acceptors (Lipinski definition) is 11. The minimum absolute atomic E-state index is 0.0266. The minimum Gasteiger partial charge on any atom is -0.460 e. The van der Waals surface area contributed by atoms with E-state index in [2.05, 4.69) is 15.2 Å². The van der Waals surface area contributed by atoms with Crippen LogP contribution in [0, 0.1) is 11.8 Å². The number of amides is 2. The van der Waals surface area contributed by atoms with Crippen molar-refractivity contribution in [2.45, 2.75) is 83.3 Å². The Kier molecular flexibility index (Phi) is 12.9. The quantitative estimate of drug-likeness (QED) is 0.433. The van der Waals surface area contributed by atoms with Crippen LogP contribution in [0.5, 0.6) is 0 Å². The van der Waals surface area contributed by atoms with Gasteiger partial charge in [0.1, 0.15) is 24.2 Å². The number of carbonyl (C=O) groups is 4. The lowest BCUT2D eigenvalue weighted by Crippen LogP contribution is -2.50. The third-order valence-corrected chi connectivity index (χ3v) is 11.1. The number of aliphatic hydroxyl groups is 1. The molecule has 5 atom stereocenters. The fraction of sp³-hybridized carbons (Fsp3) is 0.618. The maximum atomic E-state index is 14.0. The number of cyclic esters (lactones) is 1. The highest BCUT2D eigenvalue weighted by atomic mass is 32.2. The monoisotopic (exact) mass is 688 g/mol. The molecular formula is C34H48N4O9S. The number of oxazole rings is 1.